The Morgan fingerprint density at radius 1 is 1.04 bits per heavy atom. The number of carbonyl (C=O) groups excluding carboxylic acids is 3. The minimum absolute atomic E-state index is 0.0341. The monoisotopic (exact) mass is 714 g/mol. The molecule has 1 unspecified atom stereocenters. The van der Waals surface area contributed by atoms with E-state index in [2.05, 4.69) is 15.7 Å². The lowest BCUT2D eigenvalue weighted by molar-refractivity contribution is -0.145. The minimum Gasteiger partial charge on any atom is -0.497 e. The van der Waals surface area contributed by atoms with E-state index < -0.39 is 47.6 Å². The number of fused-ring (bicyclic) bond motifs is 3. The Labute approximate surface area is 301 Å². The second-order valence-corrected chi connectivity index (χ2v) is 14.4. The number of aryl methyl sites for hydroxylation is 1. The SMILES string of the molecule is COc1ccc2c(O[C@@H]3CC4C(=O)N[C@]5(C(=O)O)C[C@H]5/C=C\CCCCC[C@@H](NC(=O)OC5CCCC5)C(=O)N4C3)cc(-n3ccc(C)n3)nc2c1. The number of methoxy groups -OCH3 is 1. The number of benzene rings is 1. The zero-order valence-electron chi connectivity index (χ0n) is 29.6. The maximum Gasteiger partial charge on any atom is 0.408 e. The Hall–Kier alpha value is -5.14. The van der Waals surface area contributed by atoms with Crippen LogP contribution in [0.2, 0.25) is 0 Å². The number of alkyl carbamates (subject to hydrolysis) is 1. The largest absolute Gasteiger partial charge is 0.497 e. The van der Waals surface area contributed by atoms with Gasteiger partial charge >= 0.3 is 12.1 Å². The zero-order valence-corrected chi connectivity index (χ0v) is 29.6. The van der Waals surface area contributed by atoms with Gasteiger partial charge in [-0.25, -0.2) is 19.3 Å². The fourth-order valence-corrected chi connectivity index (χ4v) is 7.71. The Morgan fingerprint density at radius 2 is 1.85 bits per heavy atom. The van der Waals surface area contributed by atoms with Crippen LogP contribution in [0, 0.1) is 12.8 Å². The normalized spacial score (nSPS) is 27.5. The number of amides is 3. The molecule has 1 saturated heterocycles. The average molecular weight is 715 g/mol. The van der Waals surface area contributed by atoms with Crippen LogP contribution in [0.1, 0.15) is 76.3 Å². The molecule has 14 heteroatoms. The Bertz CT molecular complexity index is 1870. The molecule has 276 valence electrons. The molecule has 14 nitrogen and oxygen atoms in total. The van der Waals surface area contributed by atoms with Crippen LogP contribution >= 0.6 is 0 Å². The van der Waals surface area contributed by atoms with Crippen LogP contribution < -0.4 is 20.1 Å². The molecule has 3 fully saturated rings. The van der Waals surface area contributed by atoms with Gasteiger partial charge in [-0.3, -0.25) is 9.59 Å². The van der Waals surface area contributed by atoms with Crippen LogP contribution in [0.3, 0.4) is 0 Å². The number of carboxylic acid groups (broad SMARTS) is 1. The molecule has 0 spiro atoms. The predicted octanol–water partition coefficient (Wildman–Crippen LogP) is 4.60. The molecule has 2 saturated carbocycles. The van der Waals surface area contributed by atoms with E-state index in [4.69, 9.17) is 19.2 Å². The molecule has 1 aromatic carbocycles. The third-order valence-electron chi connectivity index (χ3n) is 10.7. The quantitative estimate of drug-likeness (QED) is 0.294. The first-order chi connectivity index (χ1) is 25.1. The fraction of sp³-hybridized carbons (Fsp3) is 0.526. The van der Waals surface area contributed by atoms with Crippen LogP contribution in [0.25, 0.3) is 16.7 Å². The summed E-state index contributed by atoms with van der Waals surface area (Å²) in [5.41, 5.74) is -0.0352. The van der Waals surface area contributed by atoms with Crippen molar-refractivity contribution in [1.82, 2.24) is 30.3 Å². The molecule has 0 bridgehead atoms. The van der Waals surface area contributed by atoms with Gasteiger partial charge in [0.05, 0.1) is 24.9 Å². The molecule has 2 aromatic heterocycles. The first-order valence-corrected chi connectivity index (χ1v) is 18.3. The van der Waals surface area contributed by atoms with Gasteiger partial charge in [-0.15, -0.1) is 0 Å². The lowest BCUT2D eigenvalue weighted by atomic mass is 10.0. The summed E-state index contributed by atoms with van der Waals surface area (Å²) in [6, 6.07) is 7.09. The first kappa shape index (κ1) is 35.3. The number of pyridine rings is 1. The standard InChI is InChI=1S/C38H46N6O8/c1-23-16-17-44(42-23)33-20-32(28-15-14-26(50-2)18-30(28)39-33)51-27-19-31-34(45)41-38(36(47)48)21-24(38)10-6-4-3-5-7-13-29(35(46)43(31)22-27)40-37(49)52-25-11-8-9-12-25/h6,10,14-18,20,24-25,27,29,31H,3-5,7-9,11-13,19,21-22H2,1-2H3,(H,40,49)(H,41,45)(H,47,48)/b10-6-/t24-,27-,29-,31?,38-/m1/s1. The van der Waals surface area contributed by atoms with Crippen molar-refractivity contribution in [3.63, 3.8) is 0 Å². The number of nitrogens with one attached hydrogen (secondary N) is 2. The summed E-state index contributed by atoms with van der Waals surface area (Å²) in [6.07, 6.45) is 11.5. The van der Waals surface area contributed by atoms with Crippen LogP contribution in [-0.2, 0) is 19.1 Å². The van der Waals surface area contributed by atoms with E-state index in [9.17, 15) is 24.3 Å². The number of aromatic nitrogens is 3. The molecule has 3 N–H and O–H groups in total. The summed E-state index contributed by atoms with van der Waals surface area (Å²) in [5.74, 6) is -0.876. The van der Waals surface area contributed by atoms with Gasteiger partial charge in [-0.1, -0.05) is 25.0 Å². The molecule has 7 rings (SSSR count). The average Bonchev–Trinajstić information content (AvgIpc) is 3.54. The number of rotatable bonds is 7. The van der Waals surface area contributed by atoms with Crippen molar-refractivity contribution in [1.29, 1.82) is 0 Å². The molecular formula is C38H46N6O8. The molecule has 4 heterocycles. The van der Waals surface area contributed by atoms with Crippen molar-refractivity contribution in [2.24, 2.45) is 5.92 Å². The van der Waals surface area contributed by atoms with Crippen molar-refractivity contribution in [3.05, 3.63) is 54.4 Å². The van der Waals surface area contributed by atoms with E-state index in [-0.39, 0.29) is 31.4 Å². The summed E-state index contributed by atoms with van der Waals surface area (Å²) < 4.78 is 19.4. The molecule has 0 radical (unpaired) electrons. The molecule has 3 aromatic rings. The van der Waals surface area contributed by atoms with E-state index in [1.807, 2.05) is 31.2 Å². The van der Waals surface area contributed by atoms with Gasteiger partial charge in [-0.2, -0.15) is 5.10 Å². The predicted molar refractivity (Wildman–Crippen MR) is 189 cm³/mol. The van der Waals surface area contributed by atoms with Crippen molar-refractivity contribution in [3.8, 4) is 17.3 Å². The summed E-state index contributed by atoms with van der Waals surface area (Å²) in [4.78, 5) is 60.4. The fourth-order valence-electron chi connectivity index (χ4n) is 7.71. The minimum atomic E-state index is -1.44. The Morgan fingerprint density at radius 3 is 2.60 bits per heavy atom. The number of hydrogen-bond donors (Lipinski definition) is 3. The van der Waals surface area contributed by atoms with Crippen LogP contribution in [0.5, 0.6) is 11.5 Å². The number of allylic oxidation sites excluding steroid dienone is 1. The number of carbonyl (C=O) groups is 4. The van der Waals surface area contributed by atoms with Crippen LogP contribution in [0.4, 0.5) is 4.79 Å². The maximum atomic E-state index is 14.5. The summed E-state index contributed by atoms with van der Waals surface area (Å²) >= 11 is 0. The second kappa shape index (κ2) is 14.8. The van der Waals surface area contributed by atoms with Crippen LogP contribution in [-0.4, -0.2) is 92.1 Å². The van der Waals surface area contributed by atoms with E-state index in [1.165, 1.54) is 4.90 Å². The van der Waals surface area contributed by atoms with Crippen LogP contribution in [0.15, 0.2) is 48.7 Å². The molecule has 2 aliphatic carbocycles. The number of carboxylic acids is 1. The highest BCUT2D eigenvalue weighted by Gasteiger charge is 2.61. The summed E-state index contributed by atoms with van der Waals surface area (Å²) in [7, 11) is 1.58. The first-order valence-electron chi connectivity index (χ1n) is 18.3. The molecule has 5 atom stereocenters. The van der Waals surface area contributed by atoms with Gasteiger partial charge < -0.3 is 34.9 Å². The Kier molecular flexibility index (Phi) is 10.1. The topological polar surface area (TPSA) is 174 Å². The molecule has 3 amide bonds. The maximum absolute atomic E-state index is 14.5. The highest BCUT2D eigenvalue weighted by atomic mass is 16.6. The third kappa shape index (κ3) is 7.42. The highest BCUT2D eigenvalue weighted by molar-refractivity contribution is 5.96. The molecular weight excluding hydrogens is 668 g/mol. The van der Waals surface area contributed by atoms with Gasteiger partial charge in [0.1, 0.15) is 41.3 Å². The van der Waals surface area contributed by atoms with E-state index >= 15 is 0 Å². The van der Waals surface area contributed by atoms with Gasteiger partial charge in [0.2, 0.25) is 11.8 Å². The number of aliphatic carboxylic acids is 1. The number of hydrogen-bond acceptors (Lipinski definition) is 9. The highest BCUT2D eigenvalue weighted by Crippen LogP contribution is 2.45. The summed E-state index contributed by atoms with van der Waals surface area (Å²) in [5, 5.41) is 21.1. The Balaban J connectivity index is 1.20. The lowest BCUT2D eigenvalue weighted by Crippen LogP contribution is -2.56. The second-order valence-electron chi connectivity index (χ2n) is 14.4. The molecule has 4 aliphatic rings. The van der Waals surface area contributed by atoms with Crippen molar-refractivity contribution in [2.75, 3.05) is 13.7 Å². The van der Waals surface area contributed by atoms with Crippen molar-refractivity contribution < 1.29 is 38.5 Å². The van der Waals surface area contributed by atoms with E-state index in [0.717, 1.165) is 50.6 Å². The van der Waals surface area contributed by atoms with Gasteiger partial charge in [0, 0.05) is 36.1 Å². The number of nitrogens with zero attached hydrogens (tertiary/aromatic N) is 4. The van der Waals surface area contributed by atoms with Gasteiger partial charge in [0.25, 0.3) is 0 Å². The smallest absolute Gasteiger partial charge is 0.408 e. The zero-order chi connectivity index (χ0) is 36.4. The molecule has 52 heavy (non-hydrogen) atoms. The number of ether oxygens (including phenoxy) is 3. The summed E-state index contributed by atoms with van der Waals surface area (Å²) in [6.45, 7) is 1.91. The third-order valence-corrected chi connectivity index (χ3v) is 10.7. The lowest BCUT2D eigenvalue weighted by Gasteiger charge is -2.29. The van der Waals surface area contributed by atoms with E-state index in [1.54, 1.807) is 36.2 Å². The van der Waals surface area contributed by atoms with E-state index in [0.29, 0.717) is 41.1 Å². The van der Waals surface area contributed by atoms with Crippen molar-refractivity contribution >= 4 is 34.8 Å². The van der Waals surface area contributed by atoms with Crippen molar-refractivity contribution in [2.45, 2.75) is 107 Å². The van der Waals surface area contributed by atoms with Gasteiger partial charge in [0.15, 0.2) is 5.82 Å². The molecule has 2 aliphatic heterocycles. The van der Waals surface area contributed by atoms with Gasteiger partial charge in [-0.05, 0) is 76.5 Å².